The van der Waals surface area contributed by atoms with Crippen molar-refractivity contribution in [2.24, 2.45) is 0 Å². The SMILES string of the molecule is O=C(NCc1ccc(-n2cccn2)nc1)c1cnn(-c2ccc([N+](=O)[O-])cc2)c1. The number of nitrogens with one attached hydrogen (secondary N) is 1. The zero-order valence-corrected chi connectivity index (χ0v) is 15.0. The average molecular weight is 389 g/mol. The van der Waals surface area contributed by atoms with Gasteiger partial charge in [-0.1, -0.05) is 6.07 Å². The highest BCUT2D eigenvalue weighted by molar-refractivity contribution is 5.93. The molecule has 0 aliphatic heterocycles. The Morgan fingerprint density at radius 1 is 1.07 bits per heavy atom. The summed E-state index contributed by atoms with van der Waals surface area (Å²) in [6.07, 6.45) is 8.15. The van der Waals surface area contributed by atoms with Crippen LogP contribution in [0.25, 0.3) is 11.5 Å². The van der Waals surface area contributed by atoms with Gasteiger partial charge in [0.05, 0.1) is 22.4 Å². The first-order valence-corrected chi connectivity index (χ1v) is 8.63. The largest absolute Gasteiger partial charge is 0.348 e. The molecule has 0 aliphatic carbocycles. The van der Waals surface area contributed by atoms with Crippen LogP contribution in [0.15, 0.2) is 73.4 Å². The zero-order valence-electron chi connectivity index (χ0n) is 15.0. The number of non-ortho nitro benzene ring substituents is 1. The van der Waals surface area contributed by atoms with Gasteiger partial charge in [0.1, 0.15) is 0 Å². The van der Waals surface area contributed by atoms with Crippen molar-refractivity contribution >= 4 is 11.6 Å². The van der Waals surface area contributed by atoms with Gasteiger partial charge >= 0.3 is 0 Å². The monoisotopic (exact) mass is 389 g/mol. The van der Waals surface area contributed by atoms with Gasteiger partial charge in [-0.2, -0.15) is 10.2 Å². The van der Waals surface area contributed by atoms with Crippen LogP contribution in [0.2, 0.25) is 0 Å². The predicted molar refractivity (Wildman–Crippen MR) is 103 cm³/mol. The number of benzene rings is 1. The number of carbonyl (C=O) groups excluding carboxylic acids is 1. The minimum atomic E-state index is -0.470. The fourth-order valence-corrected chi connectivity index (χ4v) is 2.65. The smallest absolute Gasteiger partial charge is 0.269 e. The van der Waals surface area contributed by atoms with E-state index in [9.17, 15) is 14.9 Å². The van der Waals surface area contributed by atoms with Crippen molar-refractivity contribution < 1.29 is 9.72 Å². The molecular weight excluding hydrogens is 374 g/mol. The Morgan fingerprint density at radius 3 is 2.55 bits per heavy atom. The summed E-state index contributed by atoms with van der Waals surface area (Å²) in [5, 5.41) is 21.8. The molecule has 4 aromatic rings. The predicted octanol–water partition coefficient (Wildman–Crippen LogP) is 2.29. The lowest BCUT2D eigenvalue weighted by Gasteiger charge is -2.05. The number of aromatic nitrogens is 5. The van der Waals surface area contributed by atoms with Gasteiger partial charge in [-0.05, 0) is 29.8 Å². The normalized spacial score (nSPS) is 10.6. The second-order valence-corrected chi connectivity index (χ2v) is 6.11. The van der Waals surface area contributed by atoms with Crippen LogP contribution in [0, 0.1) is 10.1 Å². The lowest BCUT2D eigenvalue weighted by atomic mass is 10.2. The third kappa shape index (κ3) is 4.00. The summed E-state index contributed by atoms with van der Waals surface area (Å²) in [4.78, 5) is 27.0. The molecular formula is C19H15N7O3. The minimum Gasteiger partial charge on any atom is -0.348 e. The van der Waals surface area contributed by atoms with Crippen molar-refractivity contribution in [2.75, 3.05) is 0 Å². The molecule has 3 heterocycles. The molecule has 0 aliphatic rings. The minimum absolute atomic E-state index is 0.00828. The Labute approximate surface area is 164 Å². The van der Waals surface area contributed by atoms with Crippen molar-refractivity contribution in [2.45, 2.75) is 6.54 Å². The van der Waals surface area contributed by atoms with Crippen LogP contribution in [-0.2, 0) is 6.54 Å². The number of carbonyl (C=O) groups is 1. The molecule has 0 atom stereocenters. The molecule has 0 saturated carbocycles. The topological polar surface area (TPSA) is 121 Å². The van der Waals surface area contributed by atoms with Gasteiger partial charge in [0.2, 0.25) is 0 Å². The van der Waals surface area contributed by atoms with Gasteiger partial charge in [0, 0.05) is 43.5 Å². The highest BCUT2D eigenvalue weighted by Gasteiger charge is 2.11. The third-order valence-corrected chi connectivity index (χ3v) is 4.17. The molecule has 0 radical (unpaired) electrons. The van der Waals surface area contributed by atoms with Gasteiger partial charge < -0.3 is 5.32 Å². The van der Waals surface area contributed by atoms with Gasteiger partial charge in [0.15, 0.2) is 5.82 Å². The fourth-order valence-electron chi connectivity index (χ4n) is 2.65. The lowest BCUT2D eigenvalue weighted by Crippen LogP contribution is -2.22. The molecule has 0 fully saturated rings. The quantitative estimate of drug-likeness (QED) is 0.399. The number of rotatable bonds is 6. The van der Waals surface area contributed by atoms with Gasteiger partial charge in [-0.3, -0.25) is 14.9 Å². The second kappa shape index (κ2) is 7.72. The molecule has 3 aromatic heterocycles. The second-order valence-electron chi connectivity index (χ2n) is 6.11. The van der Waals surface area contributed by atoms with Crippen LogP contribution in [0.3, 0.4) is 0 Å². The van der Waals surface area contributed by atoms with E-state index in [0.29, 0.717) is 23.6 Å². The van der Waals surface area contributed by atoms with Crippen LogP contribution in [0.5, 0.6) is 0 Å². The van der Waals surface area contributed by atoms with Crippen LogP contribution in [0.4, 0.5) is 5.69 Å². The molecule has 29 heavy (non-hydrogen) atoms. The number of hydrogen-bond donors (Lipinski definition) is 1. The van der Waals surface area contributed by atoms with Crippen LogP contribution >= 0.6 is 0 Å². The number of nitrogens with zero attached hydrogens (tertiary/aromatic N) is 6. The molecule has 144 valence electrons. The van der Waals surface area contributed by atoms with Crippen molar-refractivity contribution in [3.8, 4) is 11.5 Å². The summed E-state index contributed by atoms with van der Waals surface area (Å²) in [7, 11) is 0. The summed E-state index contributed by atoms with van der Waals surface area (Å²) in [6, 6.07) is 11.4. The molecule has 0 unspecified atom stereocenters. The van der Waals surface area contributed by atoms with Crippen LogP contribution in [-0.4, -0.2) is 35.4 Å². The molecule has 1 N–H and O–H groups in total. The van der Waals surface area contributed by atoms with E-state index in [1.54, 1.807) is 41.6 Å². The van der Waals surface area contributed by atoms with Gasteiger partial charge in [-0.15, -0.1) is 0 Å². The molecule has 10 heteroatoms. The summed E-state index contributed by atoms with van der Waals surface area (Å²) < 4.78 is 3.13. The number of amides is 1. The number of hydrogen-bond acceptors (Lipinski definition) is 6. The first-order valence-electron chi connectivity index (χ1n) is 8.63. The zero-order chi connectivity index (χ0) is 20.2. The van der Waals surface area contributed by atoms with Crippen molar-refractivity contribution in [1.82, 2.24) is 29.9 Å². The van der Waals surface area contributed by atoms with Crippen molar-refractivity contribution in [3.05, 3.63) is 94.7 Å². The average Bonchev–Trinajstić information content (AvgIpc) is 3.45. The Morgan fingerprint density at radius 2 is 1.90 bits per heavy atom. The molecule has 1 aromatic carbocycles. The molecule has 4 rings (SSSR count). The van der Waals surface area contributed by atoms with Crippen LogP contribution < -0.4 is 5.32 Å². The Hall–Kier alpha value is -4.34. The van der Waals surface area contributed by atoms with E-state index >= 15 is 0 Å². The molecule has 0 saturated heterocycles. The van der Waals surface area contributed by atoms with Crippen molar-refractivity contribution in [1.29, 1.82) is 0 Å². The fraction of sp³-hybridized carbons (Fsp3) is 0.0526. The van der Waals surface area contributed by atoms with E-state index in [-0.39, 0.29) is 11.6 Å². The maximum absolute atomic E-state index is 12.4. The lowest BCUT2D eigenvalue weighted by molar-refractivity contribution is -0.384. The number of nitro groups is 1. The summed E-state index contributed by atoms with van der Waals surface area (Å²) >= 11 is 0. The highest BCUT2D eigenvalue weighted by atomic mass is 16.6. The Kier molecular flexibility index (Phi) is 4.81. The first kappa shape index (κ1) is 18.0. The van der Waals surface area contributed by atoms with E-state index < -0.39 is 4.92 Å². The summed E-state index contributed by atoms with van der Waals surface area (Å²) in [5.41, 5.74) is 1.83. The number of nitro benzene ring substituents is 1. The number of pyridine rings is 1. The standard InChI is InChI=1S/C19H15N7O3/c27-19(21-11-14-2-7-18(20-10-14)24-9-1-8-22-24)15-12-23-25(13-15)16-3-5-17(6-4-16)26(28)29/h1-10,12-13H,11H2,(H,21,27). The highest BCUT2D eigenvalue weighted by Crippen LogP contribution is 2.15. The first-order chi connectivity index (χ1) is 14.1. The Bertz CT molecular complexity index is 1130. The summed E-state index contributed by atoms with van der Waals surface area (Å²) in [5.74, 6) is 0.406. The van der Waals surface area contributed by atoms with E-state index in [0.717, 1.165) is 5.56 Å². The van der Waals surface area contributed by atoms with Gasteiger partial charge in [-0.25, -0.2) is 14.3 Å². The Balaban J connectivity index is 1.38. The van der Waals surface area contributed by atoms with Crippen molar-refractivity contribution in [3.63, 3.8) is 0 Å². The maximum Gasteiger partial charge on any atom is 0.269 e. The molecule has 10 nitrogen and oxygen atoms in total. The van der Waals surface area contributed by atoms with E-state index in [2.05, 4.69) is 20.5 Å². The van der Waals surface area contributed by atoms with Crippen LogP contribution in [0.1, 0.15) is 15.9 Å². The molecule has 0 spiro atoms. The molecule has 1 amide bonds. The maximum atomic E-state index is 12.4. The third-order valence-electron chi connectivity index (χ3n) is 4.17. The van der Waals surface area contributed by atoms with E-state index in [1.807, 2.05) is 18.2 Å². The van der Waals surface area contributed by atoms with Gasteiger partial charge in [0.25, 0.3) is 11.6 Å². The van der Waals surface area contributed by atoms with E-state index in [1.165, 1.54) is 23.0 Å². The van der Waals surface area contributed by atoms with E-state index in [4.69, 9.17) is 0 Å². The summed E-state index contributed by atoms with van der Waals surface area (Å²) in [6.45, 7) is 0.313. The molecule has 0 bridgehead atoms.